The maximum absolute atomic E-state index is 6.20. The van der Waals surface area contributed by atoms with E-state index in [0.29, 0.717) is 12.5 Å². The molecule has 0 bridgehead atoms. The van der Waals surface area contributed by atoms with Gasteiger partial charge in [-0.3, -0.25) is 0 Å². The van der Waals surface area contributed by atoms with Crippen molar-refractivity contribution in [2.24, 2.45) is 5.41 Å². The van der Waals surface area contributed by atoms with Crippen LogP contribution in [-0.2, 0) is 0 Å². The number of rotatable bonds is 4. The number of hydrogen-bond acceptors (Lipinski definition) is 3. The summed E-state index contributed by atoms with van der Waals surface area (Å²) in [5.74, 6) is 0.636. The summed E-state index contributed by atoms with van der Waals surface area (Å²) >= 11 is 6.20. The Morgan fingerprint density at radius 2 is 1.93 bits per heavy atom. The normalized spacial score (nSPS) is 13.6. The second kappa shape index (κ2) is 5.31. The Balaban J connectivity index is 2.32. The molecule has 0 aliphatic heterocycles. The zero-order valence-corrected chi connectivity index (χ0v) is 10.3. The summed E-state index contributed by atoms with van der Waals surface area (Å²) in [4.78, 5) is 8.13. The Morgan fingerprint density at radius 1 is 1.33 bits per heavy atom. The molecule has 0 spiro atoms. The highest BCUT2D eigenvalue weighted by Gasteiger charge is 2.16. The van der Waals surface area contributed by atoms with Gasteiger partial charge in [0.25, 0.3) is 0 Å². The highest BCUT2D eigenvalue weighted by molar-refractivity contribution is 6.20. The van der Waals surface area contributed by atoms with Gasteiger partial charge in [0.2, 0.25) is 5.95 Å². The molecule has 1 heterocycles. The molecular weight excluding hydrogens is 210 g/mol. The first-order valence-electron chi connectivity index (χ1n) is 5.12. The van der Waals surface area contributed by atoms with E-state index >= 15 is 0 Å². The predicted molar refractivity (Wildman–Crippen MR) is 64.2 cm³/mol. The summed E-state index contributed by atoms with van der Waals surface area (Å²) in [6, 6.07) is 1.79. The van der Waals surface area contributed by atoms with Crippen molar-refractivity contribution >= 4 is 17.5 Å². The average molecular weight is 228 g/mol. The molecule has 0 amide bonds. The lowest BCUT2D eigenvalue weighted by Gasteiger charge is -2.21. The van der Waals surface area contributed by atoms with Crippen molar-refractivity contribution < 1.29 is 0 Å². The van der Waals surface area contributed by atoms with Crippen LogP contribution < -0.4 is 5.32 Å². The molecule has 0 saturated heterocycles. The maximum atomic E-state index is 6.20. The van der Waals surface area contributed by atoms with Crippen LogP contribution in [0.1, 0.15) is 27.2 Å². The number of alkyl halides is 1. The minimum Gasteiger partial charge on any atom is -0.353 e. The summed E-state index contributed by atoms with van der Waals surface area (Å²) < 4.78 is 0. The van der Waals surface area contributed by atoms with Crippen molar-refractivity contribution in [3.05, 3.63) is 18.5 Å². The quantitative estimate of drug-likeness (QED) is 0.804. The molecule has 0 radical (unpaired) electrons. The average Bonchev–Trinajstić information content (AvgIpc) is 2.14. The largest absolute Gasteiger partial charge is 0.353 e. The molecule has 1 aromatic rings. The van der Waals surface area contributed by atoms with E-state index in [-0.39, 0.29) is 10.8 Å². The summed E-state index contributed by atoms with van der Waals surface area (Å²) in [5.41, 5.74) is 0.256. The lowest BCUT2D eigenvalue weighted by Crippen LogP contribution is -2.21. The van der Waals surface area contributed by atoms with Crippen molar-refractivity contribution in [3.8, 4) is 0 Å². The van der Waals surface area contributed by atoms with Crippen molar-refractivity contribution in [1.29, 1.82) is 0 Å². The van der Waals surface area contributed by atoms with E-state index < -0.39 is 0 Å². The molecule has 1 aromatic heterocycles. The van der Waals surface area contributed by atoms with E-state index in [1.807, 2.05) is 0 Å². The molecular formula is C11H18ClN3. The zero-order chi connectivity index (χ0) is 11.3. The smallest absolute Gasteiger partial charge is 0.222 e. The van der Waals surface area contributed by atoms with Gasteiger partial charge in [-0.25, -0.2) is 9.97 Å². The molecule has 3 nitrogen and oxygen atoms in total. The van der Waals surface area contributed by atoms with Crippen LogP contribution in [-0.4, -0.2) is 21.9 Å². The van der Waals surface area contributed by atoms with Gasteiger partial charge < -0.3 is 5.32 Å². The maximum Gasteiger partial charge on any atom is 0.222 e. The highest BCUT2D eigenvalue weighted by atomic mass is 35.5. The van der Waals surface area contributed by atoms with E-state index in [0.717, 1.165) is 6.42 Å². The first kappa shape index (κ1) is 12.2. The molecule has 4 heteroatoms. The predicted octanol–water partition coefficient (Wildman–Crippen LogP) is 2.93. The van der Waals surface area contributed by atoms with Gasteiger partial charge in [-0.2, -0.15) is 0 Å². The fourth-order valence-electron chi connectivity index (χ4n) is 1.33. The van der Waals surface area contributed by atoms with E-state index in [2.05, 4.69) is 36.1 Å². The molecule has 0 aliphatic carbocycles. The van der Waals surface area contributed by atoms with E-state index in [9.17, 15) is 0 Å². The van der Waals surface area contributed by atoms with Crippen LogP contribution >= 0.6 is 11.6 Å². The third-order valence-electron chi connectivity index (χ3n) is 1.88. The number of aromatic nitrogens is 2. The molecule has 1 rings (SSSR count). The fraction of sp³-hybridized carbons (Fsp3) is 0.636. The van der Waals surface area contributed by atoms with Crippen LogP contribution in [0.15, 0.2) is 18.5 Å². The minimum absolute atomic E-state index is 0.105. The number of hydrogen-bond donors (Lipinski definition) is 1. The number of nitrogens with zero attached hydrogens (tertiary/aromatic N) is 2. The summed E-state index contributed by atoms with van der Waals surface area (Å²) in [6.07, 6.45) is 4.39. The van der Waals surface area contributed by atoms with Gasteiger partial charge in [-0.05, 0) is 17.9 Å². The Labute approximate surface area is 96.3 Å². The molecule has 1 N–H and O–H groups in total. The lowest BCUT2D eigenvalue weighted by molar-refractivity contribution is 0.373. The van der Waals surface area contributed by atoms with Gasteiger partial charge in [0.05, 0.1) is 5.38 Å². The van der Waals surface area contributed by atoms with Crippen LogP contribution in [0.25, 0.3) is 0 Å². The second-order valence-electron chi connectivity index (χ2n) is 4.82. The fourth-order valence-corrected chi connectivity index (χ4v) is 1.87. The van der Waals surface area contributed by atoms with Crippen LogP contribution in [0, 0.1) is 5.41 Å². The van der Waals surface area contributed by atoms with Crippen LogP contribution in [0.5, 0.6) is 0 Å². The first-order valence-corrected chi connectivity index (χ1v) is 5.56. The molecule has 84 valence electrons. The van der Waals surface area contributed by atoms with Crippen molar-refractivity contribution in [1.82, 2.24) is 9.97 Å². The molecule has 0 fully saturated rings. The van der Waals surface area contributed by atoms with E-state index in [1.54, 1.807) is 18.5 Å². The number of nitrogens with one attached hydrogen (secondary N) is 1. The Morgan fingerprint density at radius 3 is 2.47 bits per heavy atom. The zero-order valence-electron chi connectivity index (χ0n) is 9.50. The Kier molecular flexibility index (Phi) is 4.33. The van der Waals surface area contributed by atoms with Gasteiger partial charge in [-0.15, -0.1) is 11.6 Å². The third-order valence-corrected chi connectivity index (χ3v) is 2.19. The van der Waals surface area contributed by atoms with Crippen LogP contribution in [0.3, 0.4) is 0 Å². The molecule has 15 heavy (non-hydrogen) atoms. The third kappa shape index (κ3) is 5.57. The molecule has 1 atom stereocenters. The lowest BCUT2D eigenvalue weighted by atomic mass is 9.90. The SMILES string of the molecule is CC(C)(C)CC(Cl)CNc1ncccn1. The summed E-state index contributed by atoms with van der Waals surface area (Å²) in [7, 11) is 0. The van der Waals surface area contributed by atoms with Gasteiger partial charge >= 0.3 is 0 Å². The van der Waals surface area contributed by atoms with Crippen molar-refractivity contribution in [3.63, 3.8) is 0 Å². The monoisotopic (exact) mass is 227 g/mol. The van der Waals surface area contributed by atoms with Gasteiger partial charge in [0.1, 0.15) is 0 Å². The van der Waals surface area contributed by atoms with Gasteiger partial charge in [0, 0.05) is 18.9 Å². The van der Waals surface area contributed by atoms with Crippen molar-refractivity contribution in [2.45, 2.75) is 32.6 Å². The summed E-state index contributed by atoms with van der Waals surface area (Å²) in [6.45, 7) is 7.24. The summed E-state index contributed by atoms with van der Waals surface area (Å²) in [5, 5.41) is 3.22. The minimum atomic E-state index is 0.105. The van der Waals surface area contributed by atoms with Gasteiger partial charge in [-0.1, -0.05) is 20.8 Å². The topological polar surface area (TPSA) is 37.8 Å². The van der Waals surface area contributed by atoms with Gasteiger partial charge in [0.15, 0.2) is 0 Å². The first-order chi connectivity index (χ1) is 6.97. The van der Waals surface area contributed by atoms with E-state index in [4.69, 9.17) is 11.6 Å². The van der Waals surface area contributed by atoms with E-state index in [1.165, 1.54) is 0 Å². The number of halogens is 1. The van der Waals surface area contributed by atoms with Crippen LogP contribution in [0.4, 0.5) is 5.95 Å². The van der Waals surface area contributed by atoms with Crippen LogP contribution in [0.2, 0.25) is 0 Å². The second-order valence-corrected chi connectivity index (χ2v) is 5.43. The Hall–Kier alpha value is -0.830. The van der Waals surface area contributed by atoms with Crippen molar-refractivity contribution in [2.75, 3.05) is 11.9 Å². The molecule has 0 aromatic carbocycles. The standard InChI is InChI=1S/C11H18ClN3/c1-11(2,3)7-9(12)8-15-10-13-5-4-6-14-10/h4-6,9H,7-8H2,1-3H3,(H,13,14,15). The molecule has 0 saturated carbocycles. The highest BCUT2D eigenvalue weighted by Crippen LogP contribution is 2.23. The Bertz CT molecular complexity index is 282. The molecule has 0 aliphatic rings. The molecule has 1 unspecified atom stereocenters. The number of anilines is 1.